The number of aryl methyl sites for hydroxylation is 1. The highest BCUT2D eigenvalue weighted by molar-refractivity contribution is 14.0. The van der Waals surface area contributed by atoms with E-state index < -0.39 is 0 Å². The van der Waals surface area contributed by atoms with Gasteiger partial charge in [-0.15, -0.1) is 24.0 Å². The molecule has 1 N–H and O–H groups in total. The van der Waals surface area contributed by atoms with E-state index in [1.54, 1.807) is 7.11 Å². The molecule has 32 heavy (non-hydrogen) atoms. The number of rotatable bonds is 9. The molecule has 1 aliphatic heterocycles. The summed E-state index contributed by atoms with van der Waals surface area (Å²) in [5.41, 5.74) is 1.25. The van der Waals surface area contributed by atoms with Gasteiger partial charge in [-0.2, -0.15) is 0 Å². The molecule has 2 aromatic carbocycles. The molecule has 0 saturated carbocycles. The van der Waals surface area contributed by atoms with Crippen LogP contribution in [-0.4, -0.2) is 57.4 Å². The number of piperidine rings is 1. The van der Waals surface area contributed by atoms with Crippen molar-refractivity contribution in [2.24, 2.45) is 4.99 Å². The molecule has 0 radical (unpaired) electrons. The van der Waals surface area contributed by atoms with Gasteiger partial charge in [0.25, 0.3) is 0 Å². The van der Waals surface area contributed by atoms with E-state index in [9.17, 15) is 0 Å². The quantitative estimate of drug-likeness (QED) is 0.210. The normalized spacial score (nSPS) is 14.5. The molecule has 0 atom stereocenters. The number of aliphatic imine (C=N–C) groups is 1. The Morgan fingerprint density at radius 2 is 1.84 bits per heavy atom. The van der Waals surface area contributed by atoms with Gasteiger partial charge in [0.05, 0.1) is 13.7 Å². The lowest BCUT2D eigenvalue weighted by atomic mass is 10.1. The van der Waals surface area contributed by atoms with Crippen LogP contribution < -0.4 is 19.5 Å². The zero-order chi connectivity index (χ0) is 21.9. The van der Waals surface area contributed by atoms with Crippen molar-refractivity contribution in [3.8, 4) is 17.2 Å². The molecule has 1 aliphatic rings. The summed E-state index contributed by atoms with van der Waals surface area (Å²) in [4.78, 5) is 6.81. The molecule has 1 saturated heterocycles. The van der Waals surface area contributed by atoms with Crippen LogP contribution in [0, 0.1) is 0 Å². The number of nitrogens with one attached hydrogen (secondary N) is 1. The van der Waals surface area contributed by atoms with Gasteiger partial charge in [-0.05, 0) is 49.6 Å². The van der Waals surface area contributed by atoms with Crippen LogP contribution in [0.5, 0.6) is 17.2 Å². The van der Waals surface area contributed by atoms with Crippen LogP contribution in [0.1, 0.15) is 31.7 Å². The van der Waals surface area contributed by atoms with Crippen LogP contribution in [-0.2, 0) is 6.42 Å². The van der Waals surface area contributed by atoms with Gasteiger partial charge in [-0.25, -0.2) is 0 Å². The summed E-state index contributed by atoms with van der Waals surface area (Å²) in [5, 5.41) is 3.52. The largest absolute Gasteiger partial charge is 0.493 e. The minimum atomic E-state index is 0. The molecule has 3 rings (SSSR count). The van der Waals surface area contributed by atoms with E-state index in [0.29, 0.717) is 6.61 Å². The van der Waals surface area contributed by atoms with E-state index in [1.807, 2.05) is 50.4 Å². The third-order valence-electron chi connectivity index (χ3n) is 5.45. The van der Waals surface area contributed by atoms with Crippen molar-refractivity contribution in [3.05, 3.63) is 54.1 Å². The summed E-state index contributed by atoms with van der Waals surface area (Å²) < 4.78 is 17.1. The molecule has 0 unspecified atom stereocenters. The molecule has 2 aromatic rings. The second-order valence-electron chi connectivity index (χ2n) is 7.61. The van der Waals surface area contributed by atoms with Crippen LogP contribution >= 0.6 is 24.0 Å². The molecular formula is C25H36IN3O3. The number of guanidine groups is 1. The molecule has 6 nitrogen and oxygen atoms in total. The molecule has 0 aliphatic carbocycles. The van der Waals surface area contributed by atoms with Crippen molar-refractivity contribution < 1.29 is 14.2 Å². The lowest BCUT2D eigenvalue weighted by Crippen LogP contribution is -2.47. The highest BCUT2D eigenvalue weighted by atomic mass is 127. The molecule has 0 aromatic heterocycles. The van der Waals surface area contributed by atoms with E-state index in [4.69, 9.17) is 14.2 Å². The molecular weight excluding hydrogens is 517 g/mol. The Morgan fingerprint density at radius 3 is 2.50 bits per heavy atom. The van der Waals surface area contributed by atoms with Crippen molar-refractivity contribution in [3.63, 3.8) is 0 Å². The highest BCUT2D eigenvalue weighted by Crippen LogP contribution is 2.28. The molecule has 176 valence electrons. The lowest BCUT2D eigenvalue weighted by Gasteiger charge is -2.34. The van der Waals surface area contributed by atoms with Crippen LogP contribution in [0.4, 0.5) is 0 Å². The maximum Gasteiger partial charge on any atom is 0.193 e. The first-order valence-electron chi connectivity index (χ1n) is 11.2. The van der Waals surface area contributed by atoms with Gasteiger partial charge in [0.15, 0.2) is 17.5 Å². The molecule has 0 amide bonds. The number of likely N-dealkylation sites (tertiary alicyclic amines) is 1. The fourth-order valence-corrected chi connectivity index (χ4v) is 3.85. The molecule has 0 bridgehead atoms. The topological polar surface area (TPSA) is 55.3 Å². The summed E-state index contributed by atoms with van der Waals surface area (Å²) in [6.07, 6.45) is 4.26. The van der Waals surface area contributed by atoms with Crippen LogP contribution in [0.25, 0.3) is 0 Å². The average molecular weight is 553 g/mol. The summed E-state index contributed by atoms with van der Waals surface area (Å²) in [7, 11) is 3.52. The predicted octanol–water partition coefficient (Wildman–Crippen LogP) is 4.76. The first-order valence-corrected chi connectivity index (χ1v) is 11.2. The van der Waals surface area contributed by atoms with Gasteiger partial charge in [-0.1, -0.05) is 24.3 Å². The third kappa shape index (κ3) is 7.76. The van der Waals surface area contributed by atoms with Crippen LogP contribution in [0.15, 0.2) is 53.5 Å². The van der Waals surface area contributed by atoms with Crippen LogP contribution in [0.2, 0.25) is 0 Å². The van der Waals surface area contributed by atoms with Gasteiger partial charge >= 0.3 is 0 Å². The number of benzene rings is 2. The van der Waals surface area contributed by atoms with E-state index in [-0.39, 0.29) is 30.1 Å². The Bertz CT molecular complexity index is 824. The van der Waals surface area contributed by atoms with E-state index in [1.165, 1.54) is 5.56 Å². The predicted molar refractivity (Wildman–Crippen MR) is 141 cm³/mol. The van der Waals surface area contributed by atoms with Crippen LogP contribution in [0.3, 0.4) is 0 Å². The number of halogens is 1. The second kappa shape index (κ2) is 14.1. The molecule has 1 heterocycles. The number of nitrogens with zero attached hydrogens (tertiary/aromatic N) is 2. The highest BCUT2D eigenvalue weighted by Gasteiger charge is 2.22. The Hall–Kier alpha value is -2.16. The van der Waals surface area contributed by atoms with Gasteiger partial charge in [0, 0.05) is 39.5 Å². The minimum absolute atomic E-state index is 0. The Morgan fingerprint density at radius 1 is 1.09 bits per heavy atom. The van der Waals surface area contributed by atoms with Crippen molar-refractivity contribution in [1.82, 2.24) is 10.2 Å². The van der Waals surface area contributed by atoms with E-state index >= 15 is 0 Å². The van der Waals surface area contributed by atoms with Gasteiger partial charge in [-0.3, -0.25) is 4.99 Å². The molecule has 7 heteroatoms. The zero-order valence-electron chi connectivity index (χ0n) is 19.4. The SMILES string of the molecule is CCOc1cc(CCCNC(=NC)N2CCC(Oc3ccccc3)CC2)ccc1OC.I. The summed E-state index contributed by atoms with van der Waals surface area (Å²) in [6, 6.07) is 16.2. The maximum atomic E-state index is 6.10. The van der Waals surface area contributed by atoms with E-state index in [0.717, 1.165) is 68.5 Å². The summed E-state index contributed by atoms with van der Waals surface area (Å²) in [6.45, 7) is 5.40. The Labute approximate surface area is 209 Å². The summed E-state index contributed by atoms with van der Waals surface area (Å²) >= 11 is 0. The number of methoxy groups -OCH3 is 1. The fraction of sp³-hybridized carbons (Fsp3) is 0.480. The zero-order valence-corrected chi connectivity index (χ0v) is 21.7. The van der Waals surface area contributed by atoms with E-state index in [2.05, 4.69) is 27.3 Å². The number of hydrogen-bond donors (Lipinski definition) is 1. The van der Waals surface area contributed by atoms with Gasteiger partial charge in [0.2, 0.25) is 0 Å². The van der Waals surface area contributed by atoms with Gasteiger partial charge in [0.1, 0.15) is 11.9 Å². The monoisotopic (exact) mass is 553 g/mol. The Balaban J connectivity index is 0.00000363. The van der Waals surface area contributed by atoms with Crippen molar-refractivity contribution in [1.29, 1.82) is 0 Å². The third-order valence-corrected chi connectivity index (χ3v) is 5.45. The fourth-order valence-electron chi connectivity index (χ4n) is 3.85. The Kier molecular flexibility index (Phi) is 11.5. The first kappa shape index (κ1) is 26.1. The van der Waals surface area contributed by atoms with Crippen molar-refractivity contribution in [2.45, 2.75) is 38.7 Å². The smallest absolute Gasteiger partial charge is 0.193 e. The molecule has 1 fully saturated rings. The van der Waals surface area contributed by atoms with Gasteiger partial charge < -0.3 is 24.4 Å². The number of ether oxygens (including phenoxy) is 3. The summed E-state index contributed by atoms with van der Waals surface area (Å²) in [5.74, 6) is 3.52. The first-order chi connectivity index (χ1) is 15.2. The lowest BCUT2D eigenvalue weighted by molar-refractivity contribution is 0.129. The number of hydrogen-bond acceptors (Lipinski definition) is 4. The van der Waals surface area contributed by atoms with Crippen molar-refractivity contribution in [2.75, 3.05) is 40.4 Å². The van der Waals surface area contributed by atoms with Crippen molar-refractivity contribution >= 4 is 29.9 Å². The molecule has 0 spiro atoms. The second-order valence-corrected chi connectivity index (χ2v) is 7.61. The standard InChI is InChI=1S/C25H35N3O3.HI/c1-4-30-24-19-20(12-13-23(24)29-3)9-8-16-27-25(26-2)28-17-14-22(15-18-28)31-21-10-6-5-7-11-21;/h5-7,10-13,19,22H,4,8-9,14-18H2,1-3H3,(H,26,27);1H. The maximum absolute atomic E-state index is 6.10. The average Bonchev–Trinajstić information content (AvgIpc) is 2.81. The number of para-hydroxylation sites is 1. The minimum Gasteiger partial charge on any atom is -0.493 e.